The topological polar surface area (TPSA) is 148 Å². The van der Waals surface area contributed by atoms with Gasteiger partial charge in [-0.2, -0.15) is 0 Å². The van der Waals surface area contributed by atoms with Crippen molar-refractivity contribution in [2.45, 2.75) is 56.5 Å². The molecule has 3 N–H and O–H groups in total. The maximum atomic E-state index is 15.4. The van der Waals surface area contributed by atoms with E-state index in [1.165, 1.54) is 11.0 Å². The average Bonchev–Trinajstić information content (AvgIpc) is 3.35. The highest BCUT2D eigenvalue weighted by Gasteiger charge is 2.40. The molecule has 1 atom stereocenters. The van der Waals surface area contributed by atoms with Crippen LogP contribution in [-0.4, -0.2) is 48.8 Å². The monoisotopic (exact) mass is 577 g/mol. The number of nitrogens with two attached hydrogens (primary N) is 1. The summed E-state index contributed by atoms with van der Waals surface area (Å²) in [5.74, 6) is -2.74. The lowest BCUT2D eigenvalue weighted by atomic mass is 9.97. The molecule has 1 aliphatic rings. The number of nitrogens with one attached hydrogen (secondary N) is 1. The van der Waals surface area contributed by atoms with Gasteiger partial charge in [-0.3, -0.25) is 9.59 Å². The maximum absolute atomic E-state index is 15.4. The highest BCUT2D eigenvalue weighted by atomic mass is 35.5. The number of rotatable bonds is 7. The summed E-state index contributed by atoms with van der Waals surface area (Å²) in [7, 11) is -4.23. The van der Waals surface area contributed by atoms with Crippen LogP contribution in [0.4, 0.5) is 10.1 Å². The van der Waals surface area contributed by atoms with Gasteiger partial charge in [0.2, 0.25) is 11.8 Å². The summed E-state index contributed by atoms with van der Waals surface area (Å²) in [6.45, 7) is 5.72. The molecule has 0 fully saturated rings. The molecule has 13 heteroatoms. The van der Waals surface area contributed by atoms with Crippen molar-refractivity contribution in [1.29, 1.82) is 0 Å². The number of fused-ring (bicyclic) bond motifs is 1. The molecule has 4 rings (SSSR count). The van der Waals surface area contributed by atoms with E-state index in [1.54, 1.807) is 24.3 Å². The molecular formula is C26H29ClFN5O5S. The lowest BCUT2D eigenvalue weighted by molar-refractivity contribution is -0.127. The van der Waals surface area contributed by atoms with Gasteiger partial charge in [0.1, 0.15) is 11.9 Å². The number of hydrogen-bond donors (Lipinski definition) is 2. The molecule has 3 aromatic rings. The van der Waals surface area contributed by atoms with E-state index in [2.05, 4.69) is 15.5 Å². The third kappa shape index (κ3) is 6.29. The first-order chi connectivity index (χ1) is 18.3. The Balaban J connectivity index is 1.85. The molecule has 39 heavy (non-hydrogen) atoms. The molecule has 10 nitrogen and oxygen atoms in total. The van der Waals surface area contributed by atoms with Gasteiger partial charge in [0, 0.05) is 16.9 Å². The lowest BCUT2D eigenvalue weighted by Gasteiger charge is -2.26. The van der Waals surface area contributed by atoms with Crippen molar-refractivity contribution in [1.82, 2.24) is 15.5 Å². The highest BCUT2D eigenvalue weighted by molar-refractivity contribution is 7.91. The molecule has 0 bridgehead atoms. The minimum atomic E-state index is -4.23. The van der Waals surface area contributed by atoms with Gasteiger partial charge >= 0.3 is 0 Å². The zero-order valence-corrected chi connectivity index (χ0v) is 23.3. The average molecular weight is 578 g/mol. The smallest absolute Gasteiger partial charge is 0.250 e. The number of carbonyl (C=O) groups excluding carboxylic acids is 2. The number of benzene rings is 2. The van der Waals surface area contributed by atoms with Crippen molar-refractivity contribution in [2.75, 3.05) is 17.2 Å². The fourth-order valence-corrected chi connectivity index (χ4v) is 5.80. The standard InChI is InChI=1S/C26H29ClFN5O5S/c1-26(2,3)25-32-31-23(38-25)17-11-20-21(12-18(17)28)39(36,37)14-19(30-22(34)5-4-10-29)24(35)33(20)13-15-6-8-16(27)9-7-15/h6-9,11-12,19H,4-5,10,13-14,29H2,1-3H3,(H,30,34)/t19-/m0/s1. The Morgan fingerprint density at radius 3 is 2.54 bits per heavy atom. The van der Waals surface area contributed by atoms with Crippen LogP contribution in [0.15, 0.2) is 45.7 Å². The van der Waals surface area contributed by atoms with Crippen LogP contribution in [0.5, 0.6) is 0 Å². The second kappa shape index (κ2) is 11.0. The van der Waals surface area contributed by atoms with E-state index >= 15 is 4.39 Å². The maximum Gasteiger partial charge on any atom is 0.250 e. The number of aromatic nitrogens is 2. The number of anilines is 1. The van der Waals surface area contributed by atoms with Crippen LogP contribution >= 0.6 is 11.6 Å². The predicted octanol–water partition coefficient (Wildman–Crippen LogP) is 3.37. The fourth-order valence-electron chi connectivity index (χ4n) is 4.06. The molecule has 0 spiro atoms. The number of hydrogen-bond acceptors (Lipinski definition) is 8. The zero-order valence-electron chi connectivity index (χ0n) is 21.7. The Bertz CT molecular complexity index is 1500. The van der Waals surface area contributed by atoms with Gasteiger partial charge in [0.05, 0.1) is 28.4 Å². The van der Waals surface area contributed by atoms with Gasteiger partial charge in [-0.25, -0.2) is 12.8 Å². The summed E-state index contributed by atoms with van der Waals surface area (Å²) in [5, 5.41) is 10.9. The summed E-state index contributed by atoms with van der Waals surface area (Å²) < 4.78 is 48.0. The number of amides is 2. The normalized spacial score (nSPS) is 17.0. The van der Waals surface area contributed by atoms with E-state index in [-0.39, 0.29) is 47.4 Å². The first-order valence-corrected chi connectivity index (χ1v) is 14.3. The molecular weight excluding hydrogens is 549 g/mol. The fraction of sp³-hybridized carbons (Fsp3) is 0.385. The molecule has 2 amide bonds. The van der Waals surface area contributed by atoms with Gasteiger partial charge in [0.15, 0.2) is 9.84 Å². The minimum Gasteiger partial charge on any atom is -0.420 e. The van der Waals surface area contributed by atoms with Gasteiger partial charge in [-0.05, 0) is 42.8 Å². The van der Waals surface area contributed by atoms with Crippen LogP contribution in [-0.2, 0) is 31.4 Å². The number of halogens is 2. The molecule has 0 aliphatic carbocycles. The first-order valence-electron chi connectivity index (χ1n) is 12.3. The molecule has 0 radical (unpaired) electrons. The van der Waals surface area contributed by atoms with Crippen LogP contribution in [0.3, 0.4) is 0 Å². The second-order valence-corrected chi connectivity index (χ2v) is 12.7. The van der Waals surface area contributed by atoms with E-state index in [9.17, 15) is 18.0 Å². The van der Waals surface area contributed by atoms with Crippen LogP contribution in [0.1, 0.15) is 45.1 Å². The largest absolute Gasteiger partial charge is 0.420 e. The second-order valence-electron chi connectivity index (χ2n) is 10.3. The Labute approximate surface area is 230 Å². The van der Waals surface area contributed by atoms with E-state index < -0.39 is 44.7 Å². The molecule has 0 saturated heterocycles. The Morgan fingerprint density at radius 1 is 1.23 bits per heavy atom. The van der Waals surface area contributed by atoms with Crippen LogP contribution in [0, 0.1) is 5.82 Å². The van der Waals surface area contributed by atoms with Crippen LogP contribution in [0.25, 0.3) is 11.5 Å². The molecule has 0 unspecified atom stereocenters. The van der Waals surface area contributed by atoms with Crippen molar-refractivity contribution in [2.24, 2.45) is 5.73 Å². The van der Waals surface area contributed by atoms with Gasteiger partial charge < -0.3 is 20.4 Å². The van der Waals surface area contributed by atoms with E-state index in [0.717, 1.165) is 6.07 Å². The van der Waals surface area contributed by atoms with Crippen LogP contribution in [0.2, 0.25) is 5.02 Å². The van der Waals surface area contributed by atoms with E-state index in [0.29, 0.717) is 17.0 Å². The molecule has 0 saturated carbocycles. The summed E-state index contributed by atoms with van der Waals surface area (Å²) in [5.41, 5.74) is 5.36. The van der Waals surface area contributed by atoms with Gasteiger partial charge in [0.25, 0.3) is 11.8 Å². The van der Waals surface area contributed by atoms with Crippen LogP contribution < -0.4 is 16.0 Å². The lowest BCUT2D eigenvalue weighted by Crippen LogP contribution is -2.50. The Morgan fingerprint density at radius 2 is 1.92 bits per heavy atom. The summed E-state index contributed by atoms with van der Waals surface area (Å²) >= 11 is 6.01. The molecule has 1 aliphatic heterocycles. The summed E-state index contributed by atoms with van der Waals surface area (Å²) in [6.07, 6.45) is 0.389. The number of carbonyl (C=O) groups is 2. The van der Waals surface area contributed by atoms with Crippen molar-refractivity contribution in [3.63, 3.8) is 0 Å². The summed E-state index contributed by atoms with van der Waals surface area (Å²) in [6, 6.07) is 7.29. The van der Waals surface area contributed by atoms with Gasteiger partial charge in [-0.1, -0.05) is 44.5 Å². The van der Waals surface area contributed by atoms with E-state index in [4.69, 9.17) is 21.8 Å². The van der Waals surface area contributed by atoms with Crippen molar-refractivity contribution < 1.29 is 26.8 Å². The minimum absolute atomic E-state index is 0.0243. The number of sulfone groups is 1. The summed E-state index contributed by atoms with van der Waals surface area (Å²) in [4.78, 5) is 27.1. The molecule has 2 aromatic carbocycles. The van der Waals surface area contributed by atoms with Gasteiger partial charge in [-0.15, -0.1) is 10.2 Å². The van der Waals surface area contributed by atoms with Crippen molar-refractivity contribution in [3.8, 4) is 11.5 Å². The Kier molecular flexibility index (Phi) is 8.10. The number of nitrogens with zero attached hydrogens (tertiary/aromatic N) is 3. The molecule has 208 valence electrons. The zero-order chi connectivity index (χ0) is 28.5. The third-order valence-electron chi connectivity index (χ3n) is 6.12. The SMILES string of the molecule is CC(C)(C)c1nnc(-c2cc3c(cc2F)S(=O)(=O)C[C@H](NC(=O)CCCN)C(=O)N3Cc2ccc(Cl)cc2)o1. The predicted molar refractivity (Wildman–Crippen MR) is 143 cm³/mol. The Hall–Kier alpha value is -3.35. The highest BCUT2D eigenvalue weighted by Crippen LogP contribution is 2.38. The quantitative estimate of drug-likeness (QED) is 0.434. The van der Waals surface area contributed by atoms with E-state index in [1.807, 2.05) is 20.8 Å². The van der Waals surface area contributed by atoms with Crippen molar-refractivity contribution in [3.05, 3.63) is 58.7 Å². The first kappa shape index (κ1) is 28.7. The van der Waals surface area contributed by atoms with Crippen molar-refractivity contribution >= 4 is 38.9 Å². The third-order valence-corrected chi connectivity index (χ3v) is 8.14. The molecule has 2 heterocycles. The molecule has 1 aromatic heterocycles.